The number of anilines is 1. The van der Waals surface area contributed by atoms with Gasteiger partial charge in [0.2, 0.25) is 5.89 Å². The van der Waals surface area contributed by atoms with Gasteiger partial charge in [-0.2, -0.15) is 0 Å². The number of rotatable bonds is 1. The Morgan fingerprint density at radius 2 is 2.00 bits per heavy atom. The molecule has 19 heavy (non-hydrogen) atoms. The summed E-state index contributed by atoms with van der Waals surface area (Å²) in [7, 11) is 0. The number of benzene rings is 2. The highest BCUT2D eigenvalue weighted by atomic mass is 35.5. The topological polar surface area (TPSA) is 52.0 Å². The molecule has 0 atom stereocenters. The lowest BCUT2D eigenvalue weighted by Crippen LogP contribution is -1.85. The van der Waals surface area contributed by atoms with Gasteiger partial charge in [0.15, 0.2) is 5.58 Å². The van der Waals surface area contributed by atoms with Crippen LogP contribution >= 0.6 is 23.2 Å². The van der Waals surface area contributed by atoms with E-state index in [9.17, 15) is 0 Å². The molecule has 0 aliphatic carbocycles. The highest BCUT2D eigenvalue weighted by molar-refractivity contribution is 6.43. The molecule has 0 aliphatic rings. The van der Waals surface area contributed by atoms with Crippen LogP contribution in [0.1, 0.15) is 5.56 Å². The zero-order chi connectivity index (χ0) is 13.6. The third-order valence-corrected chi connectivity index (χ3v) is 3.70. The van der Waals surface area contributed by atoms with Gasteiger partial charge in [0.25, 0.3) is 0 Å². The predicted molar refractivity (Wildman–Crippen MR) is 78.6 cm³/mol. The maximum Gasteiger partial charge on any atom is 0.228 e. The second kappa shape index (κ2) is 4.44. The van der Waals surface area contributed by atoms with Crippen LogP contribution in [0.25, 0.3) is 22.6 Å². The number of hydrogen-bond donors (Lipinski definition) is 1. The zero-order valence-corrected chi connectivity index (χ0v) is 11.6. The van der Waals surface area contributed by atoms with Gasteiger partial charge in [-0.3, -0.25) is 0 Å². The van der Waals surface area contributed by atoms with E-state index in [1.807, 2.05) is 19.1 Å². The number of nitrogen functional groups attached to an aromatic ring is 1. The smallest absolute Gasteiger partial charge is 0.228 e. The number of aromatic nitrogens is 1. The molecule has 0 fully saturated rings. The van der Waals surface area contributed by atoms with Gasteiger partial charge in [-0.15, -0.1) is 0 Å². The van der Waals surface area contributed by atoms with E-state index in [0.29, 0.717) is 38.3 Å². The summed E-state index contributed by atoms with van der Waals surface area (Å²) in [6.45, 7) is 1.92. The number of aryl methyl sites for hydroxylation is 1. The lowest BCUT2D eigenvalue weighted by molar-refractivity contribution is 0.617. The summed E-state index contributed by atoms with van der Waals surface area (Å²) in [4.78, 5) is 4.42. The van der Waals surface area contributed by atoms with Crippen LogP contribution in [0.3, 0.4) is 0 Å². The molecule has 3 aromatic rings. The van der Waals surface area contributed by atoms with Crippen molar-refractivity contribution in [1.82, 2.24) is 4.98 Å². The van der Waals surface area contributed by atoms with Crippen LogP contribution in [0.4, 0.5) is 5.69 Å². The van der Waals surface area contributed by atoms with Gasteiger partial charge in [0.05, 0.1) is 15.6 Å². The molecule has 1 heterocycles. The van der Waals surface area contributed by atoms with Gasteiger partial charge in [-0.1, -0.05) is 29.3 Å². The number of halogens is 2. The second-order valence-corrected chi connectivity index (χ2v) is 5.09. The molecule has 2 N–H and O–H groups in total. The first kappa shape index (κ1) is 12.3. The molecule has 0 bridgehead atoms. The van der Waals surface area contributed by atoms with E-state index in [0.717, 1.165) is 5.56 Å². The molecule has 3 rings (SSSR count). The van der Waals surface area contributed by atoms with E-state index in [4.69, 9.17) is 33.4 Å². The minimum absolute atomic E-state index is 0.432. The van der Waals surface area contributed by atoms with Crippen molar-refractivity contribution in [3.8, 4) is 11.5 Å². The average Bonchev–Trinajstić information content (AvgIpc) is 2.76. The molecule has 1 aromatic heterocycles. The maximum absolute atomic E-state index is 6.17. The average molecular weight is 293 g/mol. The molecular weight excluding hydrogens is 283 g/mol. The van der Waals surface area contributed by atoms with Gasteiger partial charge in [0, 0.05) is 5.69 Å². The van der Waals surface area contributed by atoms with Crippen molar-refractivity contribution in [2.75, 3.05) is 5.73 Å². The summed E-state index contributed by atoms with van der Waals surface area (Å²) in [5.74, 6) is 0.441. The molecule has 96 valence electrons. The normalized spacial score (nSPS) is 11.1. The van der Waals surface area contributed by atoms with Crippen LogP contribution in [0.15, 0.2) is 34.7 Å². The standard InChI is InChI=1S/C14H10Cl2N2O/c1-7-5-8(17)6-11-13(7)19-14(18-11)9-3-2-4-10(15)12(9)16/h2-6H,17H2,1H3. The van der Waals surface area contributed by atoms with Crippen molar-refractivity contribution in [2.45, 2.75) is 6.92 Å². The van der Waals surface area contributed by atoms with Crippen molar-refractivity contribution in [2.24, 2.45) is 0 Å². The van der Waals surface area contributed by atoms with Crippen LogP contribution in [0, 0.1) is 6.92 Å². The minimum atomic E-state index is 0.432. The molecule has 0 aliphatic heterocycles. The zero-order valence-electron chi connectivity index (χ0n) is 10.1. The fraction of sp³-hybridized carbons (Fsp3) is 0.0714. The SMILES string of the molecule is Cc1cc(N)cc2nc(-c3cccc(Cl)c3Cl)oc12. The molecule has 0 saturated carbocycles. The summed E-state index contributed by atoms with van der Waals surface area (Å²) >= 11 is 12.2. The molecule has 0 unspecified atom stereocenters. The first-order valence-electron chi connectivity index (χ1n) is 5.67. The second-order valence-electron chi connectivity index (χ2n) is 4.31. The Hall–Kier alpha value is -1.71. The van der Waals surface area contributed by atoms with E-state index in [2.05, 4.69) is 4.98 Å². The van der Waals surface area contributed by atoms with Gasteiger partial charge in [-0.25, -0.2) is 4.98 Å². The molecule has 0 amide bonds. The van der Waals surface area contributed by atoms with Crippen LogP contribution in [-0.2, 0) is 0 Å². The van der Waals surface area contributed by atoms with E-state index in [1.54, 1.807) is 18.2 Å². The Morgan fingerprint density at radius 3 is 2.79 bits per heavy atom. The molecular formula is C14H10Cl2N2O. The van der Waals surface area contributed by atoms with Gasteiger partial charge >= 0.3 is 0 Å². The van der Waals surface area contributed by atoms with Crippen LogP contribution in [-0.4, -0.2) is 4.98 Å². The van der Waals surface area contributed by atoms with E-state index >= 15 is 0 Å². The third-order valence-electron chi connectivity index (χ3n) is 2.88. The summed E-state index contributed by atoms with van der Waals surface area (Å²) in [6.07, 6.45) is 0. The highest BCUT2D eigenvalue weighted by Gasteiger charge is 2.14. The van der Waals surface area contributed by atoms with Crippen molar-refractivity contribution >= 4 is 40.0 Å². The fourth-order valence-corrected chi connectivity index (χ4v) is 2.39. The Balaban J connectivity index is 2.26. The minimum Gasteiger partial charge on any atom is -0.436 e. The Morgan fingerprint density at radius 1 is 1.21 bits per heavy atom. The molecule has 5 heteroatoms. The summed E-state index contributed by atoms with van der Waals surface area (Å²) in [6, 6.07) is 8.96. The van der Waals surface area contributed by atoms with Crippen LogP contribution < -0.4 is 5.73 Å². The van der Waals surface area contributed by atoms with Crippen molar-refractivity contribution in [3.05, 3.63) is 45.9 Å². The summed E-state index contributed by atoms with van der Waals surface area (Å²) in [5, 5.41) is 0.902. The fourth-order valence-electron chi connectivity index (χ4n) is 2.01. The number of nitrogens with two attached hydrogens (primary N) is 1. The van der Waals surface area contributed by atoms with Crippen LogP contribution in [0.2, 0.25) is 10.0 Å². The van der Waals surface area contributed by atoms with Crippen molar-refractivity contribution in [3.63, 3.8) is 0 Å². The molecule has 0 radical (unpaired) electrons. The summed E-state index contributed by atoms with van der Waals surface area (Å²) < 4.78 is 5.77. The lowest BCUT2D eigenvalue weighted by atomic mass is 10.2. The highest BCUT2D eigenvalue weighted by Crippen LogP contribution is 2.35. The first-order chi connectivity index (χ1) is 9.06. The quantitative estimate of drug-likeness (QED) is 0.662. The lowest BCUT2D eigenvalue weighted by Gasteiger charge is -2.00. The number of oxazole rings is 1. The number of fused-ring (bicyclic) bond motifs is 1. The molecule has 0 saturated heterocycles. The van der Waals surface area contributed by atoms with Crippen LogP contribution in [0.5, 0.6) is 0 Å². The molecule has 2 aromatic carbocycles. The van der Waals surface area contributed by atoms with Crippen molar-refractivity contribution in [1.29, 1.82) is 0 Å². The maximum atomic E-state index is 6.17. The first-order valence-corrected chi connectivity index (χ1v) is 6.43. The van der Waals surface area contributed by atoms with E-state index in [-0.39, 0.29) is 0 Å². The number of nitrogens with zero attached hydrogens (tertiary/aromatic N) is 1. The van der Waals surface area contributed by atoms with E-state index < -0.39 is 0 Å². The third kappa shape index (κ3) is 2.05. The Bertz CT molecular complexity index is 780. The Labute approximate surface area is 119 Å². The molecule has 0 spiro atoms. The van der Waals surface area contributed by atoms with Gasteiger partial charge in [-0.05, 0) is 36.8 Å². The Kier molecular flexibility index (Phi) is 2.88. The van der Waals surface area contributed by atoms with Gasteiger partial charge in [0.1, 0.15) is 5.52 Å². The monoisotopic (exact) mass is 292 g/mol. The van der Waals surface area contributed by atoms with Gasteiger partial charge < -0.3 is 10.2 Å². The largest absolute Gasteiger partial charge is 0.436 e. The predicted octanol–water partition coefficient (Wildman–Crippen LogP) is 4.69. The van der Waals surface area contributed by atoms with E-state index in [1.165, 1.54) is 0 Å². The molecule has 3 nitrogen and oxygen atoms in total. The number of hydrogen-bond acceptors (Lipinski definition) is 3. The summed E-state index contributed by atoms with van der Waals surface area (Å²) in [5.41, 5.74) is 9.48. The van der Waals surface area contributed by atoms with Crippen molar-refractivity contribution < 1.29 is 4.42 Å².